The second-order valence-corrected chi connectivity index (χ2v) is 3.96. The first-order valence-electron chi connectivity index (χ1n) is 5.31. The summed E-state index contributed by atoms with van der Waals surface area (Å²) in [6.45, 7) is 1.93. The van der Waals surface area contributed by atoms with Crippen molar-refractivity contribution in [3.8, 4) is 0 Å². The number of nitrogens with zero attached hydrogens (tertiary/aromatic N) is 1. The summed E-state index contributed by atoms with van der Waals surface area (Å²) >= 11 is 0. The van der Waals surface area contributed by atoms with Gasteiger partial charge in [0.15, 0.2) is 0 Å². The highest BCUT2D eigenvalue weighted by Gasteiger charge is 2.15. The summed E-state index contributed by atoms with van der Waals surface area (Å²) in [7, 11) is 0. The van der Waals surface area contributed by atoms with Crippen molar-refractivity contribution >= 4 is 5.82 Å². The first kappa shape index (κ1) is 11.5. The van der Waals surface area contributed by atoms with Crippen molar-refractivity contribution < 1.29 is 4.39 Å². The number of benzene rings is 1. The maximum absolute atomic E-state index is 12.8. The van der Waals surface area contributed by atoms with E-state index in [4.69, 9.17) is 11.5 Å². The molecule has 0 amide bonds. The van der Waals surface area contributed by atoms with Gasteiger partial charge in [0.2, 0.25) is 0 Å². The number of aromatic nitrogens is 1. The summed E-state index contributed by atoms with van der Waals surface area (Å²) in [6, 6.07) is 7.56. The van der Waals surface area contributed by atoms with Crippen LogP contribution < -0.4 is 11.5 Å². The Hall–Kier alpha value is -1.94. The third kappa shape index (κ3) is 2.26. The van der Waals surface area contributed by atoms with Crippen LogP contribution in [0.1, 0.15) is 22.7 Å². The summed E-state index contributed by atoms with van der Waals surface area (Å²) < 4.78 is 12.8. The van der Waals surface area contributed by atoms with E-state index >= 15 is 0 Å². The summed E-state index contributed by atoms with van der Waals surface area (Å²) in [5.41, 5.74) is 14.5. The Morgan fingerprint density at radius 2 is 1.82 bits per heavy atom. The van der Waals surface area contributed by atoms with E-state index in [2.05, 4.69) is 4.98 Å². The zero-order chi connectivity index (χ0) is 12.4. The molecule has 4 heteroatoms. The molecule has 2 aromatic rings. The zero-order valence-corrected chi connectivity index (χ0v) is 9.52. The predicted octanol–water partition coefficient (Wildman–Crippen LogP) is 2.16. The van der Waals surface area contributed by atoms with Crippen molar-refractivity contribution in [2.24, 2.45) is 5.73 Å². The molecule has 0 fully saturated rings. The lowest BCUT2D eigenvalue weighted by Gasteiger charge is -2.16. The molecule has 4 N–H and O–H groups in total. The minimum Gasteiger partial charge on any atom is -0.383 e. The van der Waals surface area contributed by atoms with Gasteiger partial charge < -0.3 is 11.5 Å². The van der Waals surface area contributed by atoms with Gasteiger partial charge >= 0.3 is 0 Å². The summed E-state index contributed by atoms with van der Waals surface area (Å²) in [6.07, 6.45) is 1.64. The molecule has 2 rings (SSSR count). The van der Waals surface area contributed by atoms with E-state index in [1.54, 1.807) is 18.3 Å². The Kier molecular flexibility index (Phi) is 3.06. The van der Waals surface area contributed by atoms with E-state index in [0.717, 1.165) is 16.7 Å². The van der Waals surface area contributed by atoms with Crippen LogP contribution in [0.2, 0.25) is 0 Å². The minimum absolute atomic E-state index is 0.281. The molecular formula is C13H14FN3. The fraction of sp³-hybridized carbons (Fsp3) is 0.154. The number of nitrogens with two attached hydrogens (primary N) is 2. The molecular weight excluding hydrogens is 217 g/mol. The van der Waals surface area contributed by atoms with Crippen LogP contribution in [0.5, 0.6) is 0 Å². The van der Waals surface area contributed by atoms with E-state index in [-0.39, 0.29) is 11.9 Å². The zero-order valence-electron chi connectivity index (χ0n) is 9.52. The number of anilines is 1. The molecule has 88 valence electrons. The van der Waals surface area contributed by atoms with Crippen LogP contribution >= 0.6 is 0 Å². The third-order valence-corrected chi connectivity index (χ3v) is 2.78. The normalized spacial score (nSPS) is 12.4. The number of rotatable bonds is 2. The topological polar surface area (TPSA) is 64.9 Å². The summed E-state index contributed by atoms with van der Waals surface area (Å²) in [4.78, 5) is 4.03. The van der Waals surface area contributed by atoms with Crippen LogP contribution in [0, 0.1) is 12.7 Å². The van der Waals surface area contributed by atoms with Gasteiger partial charge in [0.1, 0.15) is 11.6 Å². The molecule has 1 atom stereocenters. The first-order chi connectivity index (χ1) is 8.09. The average Bonchev–Trinajstić information content (AvgIpc) is 2.29. The Morgan fingerprint density at radius 3 is 2.41 bits per heavy atom. The smallest absolute Gasteiger partial charge is 0.128 e. The van der Waals surface area contributed by atoms with Gasteiger partial charge in [0.05, 0.1) is 6.04 Å². The van der Waals surface area contributed by atoms with E-state index in [1.165, 1.54) is 12.1 Å². The third-order valence-electron chi connectivity index (χ3n) is 2.78. The van der Waals surface area contributed by atoms with Crippen molar-refractivity contribution in [3.05, 3.63) is 59.0 Å². The lowest BCUT2D eigenvalue weighted by atomic mass is 9.96. The standard InChI is InChI=1S/C13H14FN3/c1-8-6-7-17-13(16)11(8)12(15)9-2-4-10(14)5-3-9/h2-7,12H,15H2,1H3,(H2,16,17). The monoisotopic (exact) mass is 231 g/mol. The number of hydrogen-bond donors (Lipinski definition) is 2. The van der Waals surface area contributed by atoms with E-state index < -0.39 is 0 Å². The van der Waals surface area contributed by atoms with Crippen molar-refractivity contribution in [2.75, 3.05) is 5.73 Å². The molecule has 1 aromatic carbocycles. The van der Waals surface area contributed by atoms with Gasteiger partial charge in [-0.05, 0) is 36.2 Å². The highest BCUT2D eigenvalue weighted by molar-refractivity contribution is 5.49. The molecule has 0 saturated heterocycles. The largest absolute Gasteiger partial charge is 0.383 e. The molecule has 3 nitrogen and oxygen atoms in total. The van der Waals surface area contributed by atoms with Gasteiger partial charge in [-0.1, -0.05) is 12.1 Å². The van der Waals surface area contributed by atoms with Gasteiger partial charge in [-0.25, -0.2) is 9.37 Å². The molecule has 0 spiro atoms. The molecule has 0 saturated carbocycles. The predicted molar refractivity (Wildman–Crippen MR) is 65.8 cm³/mol. The van der Waals surface area contributed by atoms with Crippen LogP contribution in [0.4, 0.5) is 10.2 Å². The van der Waals surface area contributed by atoms with Crippen molar-refractivity contribution in [1.29, 1.82) is 0 Å². The van der Waals surface area contributed by atoms with Crippen LogP contribution in [0.25, 0.3) is 0 Å². The molecule has 1 unspecified atom stereocenters. The maximum Gasteiger partial charge on any atom is 0.128 e. The lowest BCUT2D eigenvalue weighted by molar-refractivity contribution is 0.626. The van der Waals surface area contributed by atoms with Gasteiger partial charge in [0.25, 0.3) is 0 Å². The van der Waals surface area contributed by atoms with Gasteiger partial charge in [-0.3, -0.25) is 0 Å². The van der Waals surface area contributed by atoms with Crippen molar-refractivity contribution in [3.63, 3.8) is 0 Å². The number of halogens is 1. The molecule has 17 heavy (non-hydrogen) atoms. The Balaban J connectivity index is 2.43. The molecule has 1 heterocycles. The van der Waals surface area contributed by atoms with Crippen LogP contribution in [0.3, 0.4) is 0 Å². The maximum atomic E-state index is 12.8. The van der Waals surface area contributed by atoms with Gasteiger partial charge in [-0.2, -0.15) is 0 Å². The molecule has 0 aliphatic carbocycles. The summed E-state index contributed by atoms with van der Waals surface area (Å²) in [5, 5.41) is 0. The van der Waals surface area contributed by atoms with Crippen LogP contribution in [0.15, 0.2) is 36.5 Å². The number of aryl methyl sites for hydroxylation is 1. The summed E-state index contributed by atoms with van der Waals surface area (Å²) in [5.74, 6) is 0.138. The second-order valence-electron chi connectivity index (χ2n) is 3.96. The SMILES string of the molecule is Cc1ccnc(N)c1C(N)c1ccc(F)cc1. The van der Waals surface area contributed by atoms with Crippen LogP contribution in [-0.2, 0) is 0 Å². The Morgan fingerprint density at radius 1 is 1.18 bits per heavy atom. The average molecular weight is 231 g/mol. The minimum atomic E-state index is -0.385. The van der Waals surface area contributed by atoms with E-state index in [9.17, 15) is 4.39 Å². The number of nitrogen functional groups attached to an aromatic ring is 1. The number of hydrogen-bond acceptors (Lipinski definition) is 3. The second kappa shape index (κ2) is 4.51. The molecule has 1 aromatic heterocycles. The van der Waals surface area contributed by atoms with E-state index in [0.29, 0.717) is 5.82 Å². The molecule has 0 bridgehead atoms. The van der Waals surface area contributed by atoms with Crippen molar-refractivity contribution in [2.45, 2.75) is 13.0 Å². The number of pyridine rings is 1. The highest BCUT2D eigenvalue weighted by Crippen LogP contribution is 2.26. The lowest BCUT2D eigenvalue weighted by Crippen LogP contribution is -2.16. The molecule has 0 aliphatic rings. The Labute approximate surface area is 99.3 Å². The van der Waals surface area contributed by atoms with Gasteiger partial charge in [-0.15, -0.1) is 0 Å². The Bertz CT molecular complexity index is 502. The fourth-order valence-electron chi connectivity index (χ4n) is 1.83. The van der Waals surface area contributed by atoms with Crippen LogP contribution in [-0.4, -0.2) is 4.98 Å². The van der Waals surface area contributed by atoms with Gasteiger partial charge in [0, 0.05) is 11.8 Å². The quantitative estimate of drug-likeness (QED) is 0.832. The fourth-order valence-corrected chi connectivity index (χ4v) is 1.83. The highest BCUT2D eigenvalue weighted by atomic mass is 19.1. The first-order valence-corrected chi connectivity index (χ1v) is 5.31. The van der Waals surface area contributed by atoms with Crippen molar-refractivity contribution in [1.82, 2.24) is 4.98 Å². The molecule has 0 radical (unpaired) electrons. The van der Waals surface area contributed by atoms with E-state index in [1.807, 2.05) is 13.0 Å². The molecule has 0 aliphatic heterocycles.